The molecule has 0 fully saturated rings. The van der Waals surface area contributed by atoms with Crippen LogP contribution in [0.5, 0.6) is 5.75 Å². The summed E-state index contributed by atoms with van der Waals surface area (Å²) in [5.74, 6) is 0.855. The molecule has 1 aromatic rings. The van der Waals surface area contributed by atoms with Crippen LogP contribution in [0, 0.1) is 0 Å². The van der Waals surface area contributed by atoms with Crippen molar-refractivity contribution in [1.29, 1.82) is 0 Å². The van der Waals surface area contributed by atoms with E-state index in [1.54, 1.807) is 0 Å². The molecule has 0 atom stereocenters. The number of rotatable bonds is 6. The van der Waals surface area contributed by atoms with Gasteiger partial charge in [0, 0.05) is 0 Å². The van der Waals surface area contributed by atoms with E-state index in [1.807, 2.05) is 31.2 Å². The maximum atomic E-state index is 6.05. The van der Waals surface area contributed by atoms with E-state index in [9.17, 15) is 0 Å². The predicted octanol–water partition coefficient (Wildman–Crippen LogP) is 4.38. The van der Waals surface area contributed by atoms with E-state index < -0.39 is 7.72 Å². The first-order valence-corrected chi connectivity index (χ1v) is 8.35. The fourth-order valence-electron chi connectivity index (χ4n) is 1.61. The van der Waals surface area contributed by atoms with Crippen molar-refractivity contribution in [2.45, 2.75) is 20.8 Å². The average molecular weight is 263 g/mol. The third kappa shape index (κ3) is 3.62. The zero-order valence-electron chi connectivity index (χ0n) is 10.1. The first kappa shape index (κ1) is 13.8. The Morgan fingerprint density at radius 2 is 1.62 bits per heavy atom. The molecular formula is C12H20ClO2P. The summed E-state index contributed by atoms with van der Waals surface area (Å²) in [5.41, 5.74) is 0. The van der Waals surface area contributed by atoms with Crippen LogP contribution in [0.1, 0.15) is 20.8 Å². The molecule has 0 heterocycles. The van der Waals surface area contributed by atoms with E-state index >= 15 is 0 Å². The van der Waals surface area contributed by atoms with E-state index in [-0.39, 0.29) is 0 Å². The van der Waals surface area contributed by atoms with Gasteiger partial charge in [0.25, 0.3) is 0 Å². The second-order valence-corrected chi connectivity index (χ2v) is 7.77. The van der Waals surface area contributed by atoms with Gasteiger partial charge in [-0.1, -0.05) is 0 Å². The quantitative estimate of drug-likeness (QED) is 0.709. The summed E-state index contributed by atoms with van der Waals surface area (Å²) in [6, 6.07) is 7.48. The molecule has 0 saturated heterocycles. The molecule has 0 aliphatic rings. The molecule has 0 amide bonds. The zero-order valence-corrected chi connectivity index (χ0v) is 11.9. The van der Waals surface area contributed by atoms with Crippen LogP contribution in [0.25, 0.3) is 0 Å². The van der Waals surface area contributed by atoms with Crippen molar-refractivity contribution in [2.75, 3.05) is 18.9 Å². The molecule has 0 bridgehead atoms. The van der Waals surface area contributed by atoms with E-state index in [0.717, 1.165) is 23.1 Å². The number of hydrogen-bond donors (Lipinski definition) is 0. The van der Waals surface area contributed by atoms with Gasteiger partial charge < -0.3 is 0 Å². The summed E-state index contributed by atoms with van der Waals surface area (Å²) in [5, 5.41) is 0.726. The fourth-order valence-corrected chi connectivity index (χ4v) is 4.08. The first-order valence-electron chi connectivity index (χ1n) is 5.74. The van der Waals surface area contributed by atoms with Crippen LogP contribution in [0.2, 0.25) is 5.02 Å². The van der Waals surface area contributed by atoms with Gasteiger partial charge >= 0.3 is 103 Å². The molecule has 0 aliphatic carbocycles. The molecule has 0 unspecified atom stereocenters. The van der Waals surface area contributed by atoms with Crippen LogP contribution in [-0.2, 0) is 4.52 Å². The van der Waals surface area contributed by atoms with E-state index in [2.05, 4.69) is 13.8 Å². The Balaban J connectivity index is 2.78. The summed E-state index contributed by atoms with van der Waals surface area (Å²) in [7, 11) is -2.04. The number of benzene rings is 1. The third-order valence-corrected chi connectivity index (χ3v) is 6.43. The molecule has 0 aliphatic heterocycles. The van der Waals surface area contributed by atoms with Gasteiger partial charge in [0.15, 0.2) is 0 Å². The summed E-state index contributed by atoms with van der Waals surface area (Å²) in [4.78, 5) is 0. The Morgan fingerprint density at radius 1 is 1.06 bits per heavy atom. The van der Waals surface area contributed by atoms with Crippen LogP contribution in [-0.4, -0.2) is 18.9 Å². The standard InChI is InChI=1S/C12H20ClO2P/c1-4-14-16(5-2,6-3)15-12-9-7-11(13)8-10-12/h7-10,16H,4-6H2,1-3H3. The topological polar surface area (TPSA) is 18.5 Å². The summed E-state index contributed by atoms with van der Waals surface area (Å²) < 4.78 is 11.9. The van der Waals surface area contributed by atoms with Gasteiger partial charge in [-0.25, -0.2) is 0 Å². The second kappa shape index (κ2) is 6.44. The van der Waals surface area contributed by atoms with Gasteiger partial charge in [-0.3, -0.25) is 0 Å². The normalized spacial score (nSPS) is 12.5. The molecule has 1 aromatic carbocycles. The predicted molar refractivity (Wildman–Crippen MR) is 73.1 cm³/mol. The van der Waals surface area contributed by atoms with Crippen LogP contribution in [0.15, 0.2) is 24.3 Å². The Morgan fingerprint density at radius 3 is 2.06 bits per heavy atom. The van der Waals surface area contributed by atoms with Crippen molar-refractivity contribution in [2.24, 2.45) is 0 Å². The summed E-state index contributed by atoms with van der Waals surface area (Å²) >= 11 is 5.84. The zero-order chi connectivity index (χ0) is 12.0. The van der Waals surface area contributed by atoms with Crippen molar-refractivity contribution < 1.29 is 9.05 Å². The first-order chi connectivity index (χ1) is 7.65. The van der Waals surface area contributed by atoms with Crippen LogP contribution in [0.4, 0.5) is 0 Å². The second-order valence-electron chi connectivity index (χ2n) is 3.61. The molecule has 0 saturated carbocycles. The molecule has 4 heteroatoms. The molecule has 16 heavy (non-hydrogen) atoms. The van der Waals surface area contributed by atoms with E-state index in [0.29, 0.717) is 6.61 Å². The molecule has 2 nitrogen and oxygen atoms in total. The van der Waals surface area contributed by atoms with Crippen LogP contribution >= 0.6 is 19.3 Å². The molecule has 92 valence electrons. The minimum absolute atomic E-state index is 0.710. The molecule has 1 rings (SSSR count). The third-order valence-electron chi connectivity index (χ3n) is 2.60. The monoisotopic (exact) mass is 262 g/mol. The van der Waals surface area contributed by atoms with E-state index in [4.69, 9.17) is 20.6 Å². The van der Waals surface area contributed by atoms with Crippen molar-refractivity contribution in [1.82, 2.24) is 0 Å². The van der Waals surface area contributed by atoms with Crippen molar-refractivity contribution in [3.63, 3.8) is 0 Å². The van der Waals surface area contributed by atoms with Crippen LogP contribution < -0.4 is 4.52 Å². The van der Waals surface area contributed by atoms with Gasteiger partial charge in [-0.05, 0) is 0 Å². The molecule has 0 aromatic heterocycles. The fraction of sp³-hybridized carbons (Fsp3) is 0.500. The Kier molecular flexibility index (Phi) is 5.54. The van der Waals surface area contributed by atoms with Gasteiger partial charge in [0.05, 0.1) is 0 Å². The number of halogens is 1. The Bertz CT molecular complexity index is 309. The molecule has 0 N–H and O–H groups in total. The van der Waals surface area contributed by atoms with Crippen molar-refractivity contribution in [3.8, 4) is 5.75 Å². The molecular weight excluding hydrogens is 243 g/mol. The summed E-state index contributed by atoms with van der Waals surface area (Å²) in [6.45, 7) is 6.97. The van der Waals surface area contributed by atoms with Crippen molar-refractivity contribution in [3.05, 3.63) is 29.3 Å². The number of hydrogen-bond acceptors (Lipinski definition) is 2. The average Bonchev–Trinajstić information content (AvgIpc) is 2.31. The van der Waals surface area contributed by atoms with Gasteiger partial charge in [0.1, 0.15) is 0 Å². The van der Waals surface area contributed by atoms with Crippen molar-refractivity contribution >= 4 is 19.3 Å². The minimum atomic E-state index is -2.04. The van der Waals surface area contributed by atoms with E-state index in [1.165, 1.54) is 0 Å². The van der Waals surface area contributed by atoms with Gasteiger partial charge in [-0.2, -0.15) is 0 Å². The van der Waals surface area contributed by atoms with Crippen LogP contribution in [0.3, 0.4) is 0 Å². The molecule has 0 spiro atoms. The Hall–Kier alpha value is -0.300. The maximum absolute atomic E-state index is 6.05. The van der Waals surface area contributed by atoms with Gasteiger partial charge in [-0.15, -0.1) is 0 Å². The summed E-state index contributed by atoms with van der Waals surface area (Å²) in [6.07, 6.45) is 1.92. The SMILES string of the molecule is CCO[PH](CC)(CC)Oc1ccc(Cl)cc1. The Labute approximate surface area is 103 Å². The molecule has 0 radical (unpaired) electrons. The van der Waals surface area contributed by atoms with Gasteiger partial charge in [0.2, 0.25) is 0 Å².